The van der Waals surface area contributed by atoms with E-state index >= 15 is 0 Å². The van der Waals surface area contributed by atoms with Crippen molar-refractivity contribution >= 4 is 39.6 Å². The van der Waals surface area contributed by atoms with Crippen LogP contribution in [0, 0.1) is 9.81 Å². The van der Waals surface area contributed by atoms with Crippen molar-refractivity contribution < 1.29 is 0 Å². The van der Waals surface area contributed by atoms with Gasteiger partial charge in [0, 0.05) is 24.2 Å². The van der Waals surface area contributed by atoms with Gasteiger partial charge in [0.25, 0.3) is 0 Å². The van der Waals surface area contributed by atoms with Crippen LogP contribution in [0.15, 0.2) is 36.5 Å². The van der Waals surface area contributed by atoms with Crippen molar-refractivity contribution in [3.63, 3.8) is 0 Å². The van der Waals surface area contributed by atoms with Gasteiger partial charge >= 0.3 is 0 Å². The Hall–Kier alpha value is -0.920. The van der Waals surface area contributed by atoms with E-state index in [0.29, 0.717) is 0 Å². The summed E-state index contributed by atoms with van der Waals surface area (Å²) >= 11 is 4.19. The van der Waals surface area contributed by atoms with Gasteiger partial charge in [0.1, 0.15) is 5.65 Å². The third-order valence-electron chi connectivity index (χ3n) is 3.05. The molecule has 0 aliphatic heterocycles. The first-order valence-electron chi connectivity index (χ1n) is 6.11. The Morgan fingerprint density at radius 2 is 2.16 bits per heavy atom. The number of hydrogen-bond acceptors (Lipinski definition) is 3. The van der Waals surface area contributed by atoms with Crippen LogP contribution in [-0.2, 0) is 13.1 Å². The summed E-state index contributed by atoms with van der Waals surface area (Å²) in [4.78, 5) is 5.94. The van der Waals surface area contributed by atoms with Gasteiger partial charge < -0.3 is 9.72 Å². The molecule has 0 radical (unpaired) electrons. The highest BCUT2D eigenvalue weighted by Gasteiger charge is 2.07. The number of imidazole rings is 1. The number of thiophene rings is 1. The minimum atomic E-state index is 0.839. The van der Waals surface area contributed by atoms with Crippen LogP contribution in [0.2, 0.25) is 0 Å². The monoisotopic (exact) mass is 383 g/mol. The molecule has 0 aliphatic rings. The highest BCUT2D eigenvalue weighted by molar-refractivity contribution is 14.1. The first kappa shape index (κ1) is 13.1. The van der Waals surface area contributed by atoms with Gasteiger partial charge in [-0.2, -0.15) is 0 Å². The SMILES string of the molecule is Cc1nc2ccccn2c1CNCc1ccc(I)s1. The fraction of sp³-hybridized carbons (Fsp3) is 0.214. The third-order valence-corrected chi connectivity index (χ3v) is 4.94. The molecule has 3 aromatic heterocycles. The van der Waals surface area contributed by atoms with Gasteiger partial charge in [-0.05, 0) is 53.8 Å². The van der Waals surface area contributed by atoms with E-state index in [2.05, 4.69) is 62.5 Å². The lowest BCUT2D eigenvalue weighted by molar-refractivity contribution is 0.678. The average Bonchev–Trinajstić information content (AvgIpc) is 2.94. The highest BCUT2D eigenvalue weighted by atomic mass is 127. The van der Waals surface area contributed by atoms with Crippen molar-refractivity contribution in [1.82, 2.24) is 14.7 Å². The summed E-state index contributed by atoms with van der Waals surface area (Å²) in [5.41, 5.74) is 3.35. The Kier molecular flexibility index (Phi) is 3.86. The van der Waals surface area contributed by atoms with E-state index in [9.17, 15) is 0 Å². The molecule has 0 amide bonds. The minimum Gasteiger partial charge on any atom is -0.306 e. The number of aromatic nitrogens is 2. The zero-order valence-corrected chi connectivity index (χ0v) is 13.5. The van der Waals surface area contributed by atoms with Crippen LogP contribution < -0.4 is 5.32 Å². The average molecular weight is 383 g/mol. The molecule has 0 atom stereocenters. The Labute approximate surface area is 129 Å². The number of nitrogens with zero attached hydrogens (tertiary/aromatic N) is 2. The molecule has 0 aromatic carbocycles. The lowest BCUT2D eigenvalue weighted by Crippen LogP contribution is -2.14. The minimum absolute atomic E-state index is 0.839. The Morgan fingerprint density at radius 3 is 2.95 bits per heavy atom. The molecule has 0 aliphatic carbocycles. The molecule has 5 heteroatoms. The van der Waals surface area contributed by atoms with Crippen LogP contribution in [0.3, 0.4) is 0 Å². The Bertz CT molecular complexity index is 702. The van der Waals surface area contributed by atoms with Crippen LogP contribution in [0.5, 0.6) is 0 Å². The summed E-state index contributed by atoms with van der Waals surface area (Å²) in [5, 5.41) is 3.50. The lowest BCUT2D eigenvalue weighted by Gasteiger charge is -2.04. The van der Waals surface area contributed by atoms with Gasteiger partial charge in [0.05, 0.1) is 14.3 Å². The van der Waals surface area contributed by atoms with Gasteiger partial charge in [0.2, 0.25) is 0 Å². The van der Waals surface area contributed by atoms with Crippen LogP contribution >= 0.6 is 33.9 Å². The molecule has 0 unspecified atom stereocenters. The number of fused-ring (bicyclic) bond motifs is 1. The van der Waals surface area contributed by atoms with Crippen LogP contribution in [0.1, 0.15) is 16.3 Å². The maximum absolute atomic E-state index is 4.57. The van der Waals surface area contributed by atoms with E-state index in [1.54, 1.807) is 0 Å². The van der Waals surface area contributed by atoms with Crippen molar-refractivity contribution in [2.45, 2.75) is 20.0 Å². The molecule has 1 N–H and O–H groups in total. The normalized spacial score (nSPS) is 11.3. The lowest BCUT2D eigenvalue weighted by atomic mass is 10.3. The number of pyridine rings is 1. The van der Waals surface area contributed by atoms with Crippen LogP contribution in [-0.4, -0.2) is 9.38 Å². The third kappa shape index (κ3) is 2.82. The van der Waals surface area contributed by atoms with Crippen molar-refractivity contribution in [3.8, 4) is 0 Å². The Balaban J connectivity index is 1.73. The molecule has 0 spiro atoms. The first-order chi connectivity index (χ1) is 9.24. The molecule has 3 aromatic rings. The zero-order valence-electron chi connectivity index (χ0n) is 10.6. The molecule has 3 heterocycles. The van der Waals surface area contributed by atoms with E-state index in [1.807, 2.05) is 29.5 Å². The topological polar surface area (TPSA) is 29.3 Å². The van der Waals surface area contributed by atoms with E-state index in [-0.39, 0.29) is 0 Å². The molecule has 3 rings (SSSR count). The van der Waals surface area contributed by atoms with E-state index in [4.69, 9.17) is 0 Å². The molecule has 0 bridgehead atoms. The molecular weight excluding hydrogens is 369 g/mol. The maximum Gasteiger partial charge on any atom is 0.137 e. The molecule has 0 saturated heterocycles. The van der Waals surface area contributed by atoms with Crippen molar-refractivity contribution in [2.24, 2.45) is 0 Å². The first-order valence-corrected chi connectivity index (χ1v) is 8.01. The standard InChI is InChI=1S/C14H14IN3S/c1-10-12(18-7-3-2-4-14(18)17-10)9-16-8-11-5-6-13(15)19-11/h2-7,16H,8-9H2,1H3. The van der Waals surface area contributed by atoms with Crippen molar-refractivity contribution in [1.29, 1.82) is 0 Å². The zero-order chi connectivity index (χ0) is 13.2. The second kappa shape index (κ2) is 5.60. The van der Waals surface area contributed by atoms with E-state index in [1.165, 1.54) is 13.5 Å². The van der Waals surface area contributed by atoms with Gasteiger partial charge in [-0.25, -0.2) is 4.98 Å². The largest absolute Gasteiger partial charge is 0.306 e. The molecule has 0 fully saturated rings. The molecule has 3 nitrogen and oxygen atoms in total. The number of aryl methyl sites for hydroxylation is 1. The molecular formula is C14H14IN3S. The summed E-state index contributed by atoms with van der Waals surface area (Å²) < 4.78 is 3.49. The van der Waals surface area contributed by atoms with E-state index < -0.39 is 0 Å². The number of halogens is 1. The molecule has 98 valence electrons. The van der Waals surface area contributed by atoms with Crippen LogP contribution in [0.4, 0.5) is 0 Å². The molecule has 0 saturated carbocycles. The van der Waals surface area contributed by atoms with Gasteiger partial charge in [-0.3, -0.25) is 0 Å². The van der Waals surface area contributed by atoms with Gasteiger partial charge in [-0.15, -0.1) is 11.3 Å². The number of hydrogen-bond donors (Lipinski definition) is 1. The molecule has 19 heavy (non-hydrogen) atoms. The summed E-state index contributed by atoms with van der Waals surface area (Å²) in [5.74, 6) is 0. The quantitative estimate of drug-likeness (QED) is 0.698. The smallest absolute Gasteiger partial charge is 0.137 e. The second-order valence-electron chi connectivity index (χ2n) is 4.38. The Morgan fingerprint density at radius 1 is 1.26 bits per heavy atom. The van der Waals surface area contributed by atoms with Gasteiger partial charge in [0.15, 0.2) is 0 Å². The number of rotatable bonds is 4. The van der Waals surface area contributed by atoms with Crippen molar-refractivity contribution in [3.05, 3.63) is 55.7 Å². The van der Waals surface area contributed by atoms with Crippen LogP contribution in [0.25, 0.3) is 5.65 Å². The van der Waals surface area contributed by atoms with Gasteiger partial charge in [-0.1, -0.05) is 6.07 Å². The maximum atomic E-state index is 4.57. The summed E-state index contributed by atoms with van der Waals surface area (Å²) in [6, 6.07) is 10.4. The fourth-order valence-corrected chi connectivity index (χ4v) is 3.85. The highest BCUT2D eigenvalue weighted by Crippen LogP contribution is 2.18. The summed E-state index contributed by atoms with van der Waals surface area (Å²) in [7, 11) is 0. The predicted octanol–water partition coefficient (Wildman–Crippen LogP) is 3.60. The summed E-state index contributed by atoms with van der Waals surface area (Å²) in [6.07, 6.45) is 2.07. The van der Waals surface area contributed by atoms with Crippen molar-refractivity contribution in [2.75, 3.05) is 0 Å². The second-order valence-corrected chi connectivity index (χ2v) is 7.44. The fourth-order valence-electron chi connectivity index (χ4n) is 2.13. The number of nitrogens with one attached hydrogen (secondary N) is 1. The van der Waals surface area contributed by atoms with E-state index in [0.717, 1.165) is 24.4 Å². The predicted molar refractivity (Wildman–Crippen MR) is 87.5 cm³/mol. The summed E-state index contributed by atoms with van der Waals surface area (Å²) in [6.45, 7) is 3.82.